The van der Waals surface area contributed by atoms with Crippen LogP contribution in [-0.2, 0) is 18.3 Å². The molecule has 4 rings (SSSR count). The number of imidazole rings is 1. The Morgan fingerprint density at radius 3 is 2.70 bits per heavy atom. The van der Waals surface area contributed by atoms with Crippen LogP contribution in [-0.4, -0.2) is 44.7 Å². The van der Waals surface area contributed by atoms with Crippen molar-refractivity contribution in [1.82, 2.24) is 25.1 Å². The third-order valence-electron chi connectivity index (χ3n) is 5.51. The Kier molecular flexibility index (Phi) is 5.11. The number of likely N-dealkylation sites (N-methyl/N-ethyl adjacent to an activating group) is 1. The molecule has 156 valence electrons. The van der Waals surface area contributed by atoms with Gasteiger partial charge in [-0.25, -0.2) is 4.98 Å². The smallest absolute Gasteiger partial charge is 0.309 e. The van der Waals surface area contributed by atoms with Crippen LogP contribution in [0.15, 0.2) is 34.7 Å². The topological polar surface area (TPSA) is 106 Å². The summed E-state index contributed by atoms with van der Waals surface area (Å²) in [6.45, 7) is 3.93. The molecule has 2 atom stereocenters. The molecule has 0 spiro atoms. The van der Waals surface area contributed by atoms with Crippen molar-refractivity contribution in [3.05, 3.63) is 59.2 Å². The van der Waals surface area contributed by atoms with Crippen molar-refractivity contribution in [1.29, 1.82) is 0 Å². The number of aryl methyl sites for hydroxylation is 1. The zero-order chi connectivity index (χ0) is 21.4. The maximum Gasteiger partial charge on any atom is 0.309 e. The van der Waals surface area contributed by atoms with E-state index in [1.54, 1.807) is 7.05 Å². The summed E-state index contributed by atoms with van der Waals surface area (Å²) in [5.74, 6) is 0.905. The minimum Gasteiger partial charge on any atom is -0.417 e. The predicted octanol–water partition coefficient (Wildman–Crippen LogP) is 1.97. The Morgan fingerprint density at radius 2 is 1.97 bits per heavy atom. The number of benzene rings is 1. The van der Waals surface area contributed by atoms with Gasteiger partial charge < -0.3 is 14.3 Å². The Hall–Kier alpha value is -3.49. The Morgan fingerprint density at radius 1 is 1.23 bits per heavy atom. The van der Waals surface area contributed by atoms with Gasteiger partial charge in [-0.1, -0.05) is 37.3 Å². The molecule has 1 N–H and O–H groups in total. The molecule has 0 fully saturated rings. The van der Waals surface area contributed by atoms with Crippen molar-refractivity contribution in [3.63, 3.8) is 0 Å². The molecule has 1 unspecified atom stereocenters. The number of hydrogen-bond donors (Lipinski definition) is 1. The van der Waals surface area contributed by atoms with E-state index in [-0.39, 0.29) is 17.7 Å². The van der Waals surface area contributed by atoms with E-state index in [9.17, 15) is 9.59 Å². The third kappa shape index (κ3) is 3.58. The van der Waals surface area contributed by atoms with E-state index < -0.39 is 11.9 Å². The number of aromatic nitrogens is 4. The summed E-state index contributed by atoms with van der Waals surface area (Å²) in [5.41, 5.74) is 1.98. The van der Waals surface area contributed by atoms with Gasteiger partial charge in [0, 0.05) is 20.0 Å². The Balaban J connectivity index is 1.49. The lowest BCUT2D eigenvalue weighted by atomic mass is 9.99. The lowest BCUT2D eigenvalue weighted by Crippen LogP contribution is -2.47. The normalized spacial score (nSPS) is 18.8. The summed E-state index contributed by atoms with van der Waals surface area (Å²) < 4.78 is 7.51. The lowest BCUT2D eigenvalue weighted by Gasteiger charge is -2.20. The Bertz CT molecular complexity index is 1090. The number of amides is 2. The van der Waals surface area contributed by atoms with E-state index >= 15 is 0 Å². The summed E-state index contributed by atoms with van der Waals surface area (Å²) in [4.78, 5) is 31.7. The van der Waals surface area contributed by atoms with E-state index in [0.29, 0.717) is 24.6 Å². The number of carbonyl (C=O) groups is 2. The molecule has 1 aromatic carbocycles. The second-order valence-corrected chi connectivity index (χ2v) is 7.65. The highest BCUT2D eigenvalue weighted by atomic mass is 16.4. The fourth-order valence-electron chi connectivity index (χ4n) is 3.84. The molecule has 0 saturated heterocycles. The van der Waals surface area contributed by atoms with Crippen LogP contribution in [0.25, 0.3) is 0 Å². The van der Waals surface area contributed by atoms with Gasteiger partial charge in [-0.2, -0.15) is 0 Å². The molecule has 0 saturated carbocycles. The SMILES string of the molecule is Cc1nc2c(n1C)C(C)C[C@H](NC(=O)c1nnc(Cc3ccccc3)o1)C(=O)N2C. The van der Waals surface area contributed by atoms with Crippen molar-refractivity contribution in [3.8, 4) is 0 Å². The number of fused-ring (bicyclic) bond motifs is 1. The summed E-state index contributed by atoms with van der Waals surface area (Å²) in [7, 11) is 3.61. The summed E-state index contributed by atoms with van der Waals surface area (Å²) >= 11 is 0. The first-order valence-electron chi connectivity index (χ1n) is 9.83. The van der Waals surface area contributed by atoms with Crippen LogP contribution in [0.4, 0.5) is 5.82 Å². The van der Waals surface area contributed by atoms with Gasteiger partial charge in [0.05, 0.1) is 12.1 Å². The van der Waals surface area contributed by atoms with E-state index in [4.69, 9.17) is 4.42 Å². The summed E-state index contributed by atoms with van der Waals surface area (Å²) in [5, 5.41) is 10.6. The minimum atomic E-state index is -0.712. The highest BCUT2D eigenvalue weighted by Crippen LogP contribution is 2.34. The maximum absolute atomic E-state index is 13.0. The van der Waals surface area contributed by atoms with Gasteiger partial charge in [0.2, 0.25) is 5.89 Å². The number of nitrogens with one attached hydrogen (secondary N) is 1. The summed E-state index contributed by atoms with van der Waals surface area (Å²) in [6, 6.07) is 8.94. The molecule has 9 nitrogen and oxygen atoms in total. The van der Waals surface area contributed by atoms with Gasteiger partial charge in [-0.3, -0.25) is 14.5 Å². The molecule has 3 heterocycles. The maximum atomic E-state index is 13.0. The number of nitrogens with zero attached hydrogens (tertiary/aromatic N) is 5. The molecule has 2 aromatic heterocycles. The van der Waals surface area contributed by atoms with Crippen molar-refractivity contribution >= 4 is 17.6 Å². The average molecular weight is 408 g/mol. The quantitative estimate of drug-likeness (QED) is 0.707. The molecule has 30 heavy (non-hydrogen) atoms. The Labute approximate surface area is 174 Å². The first-order valence-corrected chi connectivity index (χ1v) is 9.83. The molecule has 9 heteroatoms. The monoisotopic (exact) mass is 408 g/mol. The van der Waals surface area contributed by atoms with E-state index in [2.05, 4.69) is 20.5 Å². The zero-order valence-corrected chi connectivity index (χ0v) is 17.4. The fourth-order valence-corrected chi connectivity index (χ4v) is 3.84. The van der Waals surface area contributed by atoms with Gasteiger partial charge in [0.25, 0.3) is 5.91 Å². The largest absolute Gasteiger partial charge is 0.417 e. The van der Waals surface area contributed by atoms with Crippen LogP contribution in [0.5, 0.6) is 0 Å². The first kappa shape index (κ1) is 19.8. The number of carbonyl (C=O) groups excluding carboxylic acids is 2. The molecule has 1 aliphatic heterocycles. The minimum absolute atomic E-state index is 0.0294. The first-order chi connectivity index (χ1) is 14.3. The highest BCUT2D eigenvalue weighted by molar-refractivity contribution is 6.01. The second-order valence-electron chi connectivity index (χ2n) is 7.65. The molecule has 1 aliphatic rings. The standard InChI is InChI=1S/C21H24N6O3/c1-12-10-15(21(29)27(4)18-17(12)26(3)13(2)22-18)23-19(28)20-25-24-16(30-20)11-14-8-6-5-7-9-14/h5-9,12,15H,10-11H2,1-4H3,(H,23,28)/t12?,15-/m0/s1. The van der Waals surface area contributed by atoms with Crippen LogP contribution < -0.4 is 10.2 Å². The molecule has 0 bridgehead atoms. The summed E-state index contributed by atoms with van der Waals surface area (Å²) in [6.07, 6.45) is 0.884. The molecule has 0 radical (unpaired) electrons. The van der Waals surface area contributed by atoms with Crippen LogP contribution in [0.2, 0.25) is 0 Å². The van der Waals surface area contributed by atoms with Gasteiger partial charge in [0.15, 0.2) is 5.82 Å². The van der Waals surface area contributed by atoms with Crippen LogP contribution >= 0.6 is 0 Å². The van der Waals surface area contributed by atoms with E-state index in [1.165, 1.54) is 4.90 Å². The van der Waals surface area contributed by atoms with E-state index in [0.717, 1.165) is 17.1 Å². The van der Waals surface area contributed by atoms with Gasteiger partial charge in [0.1, 0.15) is 11.9 Å². The van der Waals surface area contributed by atoms with Gasteiger partial charge in [-0.15, -0.1) is 10.2 Å². The van der Waals surface area contributed by atoms with Crippen molar-refractivity contribution in [2.24, 2.45) is 7.05 Å². The number of rotatable bonds is 4. The van der Waals surface area contributed by atoms with Gasteiger partial charge in [-0.05, 0) is 18.9 Å². The number of hydrogen-bond acceptors (Lipinski definition) is 6. The molecule has 2 amide bonds. The molecular weight excluding hydrogens is 384 g/mol. The van der Waals surface area contributed by atoms with Crippen molar-refractivity contribution in [2.45, 2.75) is 38.6 Å². The fraction of sp³-hybridized carbons (Fsp3) is 0.381. The van der Waals surface area contributed by atoms with Crippen molar-refractivity contribution in [2.75, 3.05) is 11.9 Å². The zero-order valence-electron chi connectivity index (χ0n) is 17.4. The third-order valence-corrected chi connectivity index (χ3v) is 5.51. The van der Waals surface area contributed by atoms with Crippen LogP contribution in [0.3, 0.4) is 0 Å². The van der Waals surface area contributed by atoms with Crippen LogP contribution in [0.1, 0.15) is 52.9 Å². The highest BCUT2D eigenvalue weighted by Gasteiger charge is 2.36. The molecular formula is C21H24N6O3. The number of anilines is 1. The van der Waals surface area contributed by atoms with E-state index in [1.807, 2.05) is 55.8 Å². The predicted molar refractivity (Wildman–Crippen MR) is 109 cm³/mol. The lowest BCUT2D eigenvalue weighted by molar-refractivity contribution is -0.120. The molecule has 0 aliphatic carbocycles. The van der Waals surface area contributed by atoms with Crippen molar-refractivity contribution < 1.29 is 14.0 Å². The van der Waals surface area contributed by atoms with Gasteiger partial charge >= 0.3 is 11.8 Å². The second kappa shape index (κ2) is 7.74. The molecule has 3 aromatic rings. The van der Waals surface area contributed by atoms with Crippen LogP contribution in [0, 0.1) is 6.92 Å². The average Bonchev–Trinajstić information content (AvgIpc) is 3.29.